The van der Waals surface area contributed by atoms with Crippen LogP contribution in [-0.2, 0) is 5.41 Å². The van der Waals surface area contributed by atoms with Crippen LogP contribution in [0.5, 0.6) is 0 Å². The van der Waals surface area contributed by atoms with Crippen molar-refractivity contribution in [1.82, 2.24) is 10.6 Å². The third-order valence-electron chi connectivity index (χ3n) is 3.28. The Labute approximate surface area is 157 Å². The first-order chi connectivity index (χ1) is 10.6. The van der Waals surface area contributed by atoms with Crippen molar-refractivity contribution in [3.05, 3.63) is 35.6 Å². The molecule has 0 spiro atoms. The van der Waals surface area contributed by atoms with Gasteiger partial charge in [0.15, 0.2) is 5.96 Å². The van der Waals surface area contributed by atoms with Crippen LogP contribution in [0.1, 0.15) is 32.8 Å². The summed E-state index contributed by atoms with van der Waals surface area (Å²) in [5.74, 6) is -0.00371. The van der Waals surface area contributed by atoms with Crippen LogP contribution >= 0.6 is 24.0 Å². The normalized spacial score (nSPS) is 12.5. The van der Waals surface area contributed by atoms with E-state index in [9.17, 15) is 17.6 Å². The third-order valence-corrected chi connectivity index (χ3v) is 3.28. The van der Waals surface area contributed by atoms with Crippen LogP contribution in [0, 0.1) is 5.82 Å². The Bertz CT molecular complexity index is 530. The molecule has 0 aliphatic heterocycles. The highest BCUT2D eigenvalue weighted by Gasteiger charge is 2.26. The summed E-state index contributed by atoms with van der Waals surface area (Å²) in [4.78, 5) is 4.32. The molecule has 3 nitrogen and oxygen atoms in total. The van der Waals surface area contributed by atoms with E-state index in [4.69, 9.17) is 0 Å². The number of hydrogen-bond donors (Lipinski definition) is 2. The fraction of sp³-hybridized carbons (Fsp3) is 0.562. The molecule has 0 heterocycles. The lowest BCUT2D eigenvalue weighted by molar-refractivity contribution is -0.132. The lowest BCUT2D eigenvalue weighted by atomic mass is 9.85. The van der Waals surface area contributed by atoms with Gasteiger partial charge in [0.05, 0.1) is 13.0 Å². The molecule has 0 aliphatic carbocycles. The molecule has 0 fully saturated rings. The Balaban J connectivity index is 0.00000529. The van der Waals surface area contributed by atoms with Crippen molar-refractivity contribution in [2.45, 2.75) is 38.8 Å². The van der Waals surface area contributed by atoms with Crippen molar-refractivity contribution in [3.63, 3.8) is 0 Å². The molecule has 0 unspecified atom stereocenters. The molecule has 0 saturated heterocycles. The molecule has 0 radical (unpaired) electrons. The summed E-state index contributed by atoms with van der Waals surface area (Å²) in [6, 6.07) is 6.25. The van der Waals surface area contributed by atoms with E-state index >= 15 is 0 Å². The Morgan fingerprint density at radius 1 is 1.17 bits per heavy atom. The highest BCUT2D eigenvalue weighted by Crippen LogP contribution is 2.24. The van der Waals surface area contributed by atoms with E-state index < -0.39 is 18.0 Å². The highest BCUT2D eigenvalue weighted by atomic mass is 127. The zero-order valence-electron chi connectivity index (χ0n) is 14.0. The first-order valence-corrected chi connectivity index (χ1v) is 7.49. The largest absolute Gasteiger partial charge is 0.390 e. The van der Waals surface area contributed by atoms with Gasteiger partial charge in [-0.2, -0.15) is 13.2 Å². The van der Waals surface area contributed by atoms with Gasteiger partial charge in [-0.25, -0.2) is 4.39 Å². The number of halogens is 5. The van der Waals surface area contributed by atoms with Gasteiger partial charge in [-0.1, -0.05) is 26.0 Å². The molecule has 2 N–H and O–H groups in total. The molecular formula is C16H24F4IN3. The predicted octanol–water partition coefficient (Wildman–Crippen LogP) is 4.23. The summed E-state index contributed by atoms with van der Waals surface area (Å²) in [5.41, 5.74) is 0.349. The van der Waals surface area contributed by atoms with E-state index in [0.717, 1.165) is 5.56 Å². The fourth-order valence-corrected chi connectivity index (χ4v) is 1.94. The summed E-state index contributed by atoms with van der Waals surface area (Å²) >= 11 is 0. The number of hydrogen-bond acceptors (Lipinski definition) is 1. The molecule has 1 aromatic carbocycles. The van der Waals surface area contributed by atoms with Crippen molar-refractivity contribution in [3.8, 4) is 0 Å². The van der Waals surface area contributed by atoms with Crippen molar-refractivity contribution < 1.29 is 17.6 Å². The first kappa shape index (κ1) is 22.9. The lowest BCUT2D eigenvalue weighted by Crippen LogP contribution is -2.40. The fourth-order valence-electron chi connectivity index (χ4n) is 1.94. The monoisotopic (exact) mass is 461 g/mol. The Morgan fingerprint density at radius 3 is 2.38 bits per heavy atom. The minimum Gasteiger partial charge on any atom is -0.357 e. The van der Waals surface area contributed by atoms with Gasteiger partial charge in [0, 0.05) is 18.5 Å². The SMILES string of the molecule is CCNC(=NCC(C)(C)c1cccc(F)c1)NCCC(F)(F)F.I. The molecule has 0 amide bonds. The van der Waals surface area contributed by atoms with Gasteiger partial charge in [-0.15, -0.1) is 24.0 Å². The van der Waals surface area contributed by atoms with Crippen molar-refractivity contribution in [2.75, 3.05) is 19.6 Å². The molecule has 1 aromatic rings. The zero-order valence-corrected chi connectivity index (χ0v) is 16.3. The quantitative estimate of drug-likeness (QED) is 0.288. The van der Waals surface area contributed by atoms with Crippen LogP contribution in [0.15, 0.2) is 29.3 Å². The summed E-state index contributed by atoms with van der Waals surface area (Å²) in [6.07, 6.45) is -5.13. The van der Waals surface area contributed by atoms with E-state index in [-0.39, 0.29) is 36.3 Å². The second-order valence-electron chi connectivity index (χ2n) is 5.88. The zero-order chi connectivity index (χ0) is 17.5. The smallest absolute Gasteiger partial charge is 0.357 e. The van der Waals surface area contributed by atoms with Crippen LogP contribution < -0.4 is 10.6 Å². The molecular weight excluding hydrogens is 437 g/mol. The van der Waals surface area contributed by atoms with Gasteiger partial charge in [0.2, 0.25) is 0 Å². The Kier molecular flexibility index (Phi) is 9.61. The molecule has 24 heavy (non-hydrogen) atoms. The predicted molar refractivity (Wildman–Crippen MR) is 99.5 cm³/mol. The van der Waals surface area contributed by atoms with E-state index in [1.807, 2.05) is 26.8 Å². The Morgan fingerprint density at radius 2 is 1.83 bits per heavy atom. The molecule has 0 bridgehead atoms. The van der Waals surface area contributed by atoms with Crippen LogP contribution in [0.2, 0.25) is 0 Å². The van der Waals surface area contributed by atoms with Crippen LogP contribution in [0.25, 0.3) is 0 Å². The maximum absolute atomic E-state index is 13.3. The van der Waals surface area contributed by atoms with Gasteiger partial charge in [0.25, 0.3) is 0 Å². The summed E-state index contributed by atoms with van der Waals surface area (Å²) in [7, 11) is 0. The van der Waals surface area contributed by atoms with Crippen LogP contribution in [0.3, 0.4) is 0 Å². The number of nitrogens with zero attached hydrogens (tertiary/aromatic N) is 1. The van der Waals surface area contributed by atoms with E-state index in [2.05, 4.69) is 15.6 Å². The number of guanidine groups is 1. The van der Waals surface area contributed by atoms with Crippen LogP contribution in [-0.4, -0.2) is 31.8 Å². The number of rotatable bonds is 6. The summed E-state index contributed by atoms with van der Waals surface area (Å²) in [6.45, 7) is 6.26. The second kappa shape index (κ2) is 10.0. The molecule has 0 saturated carbocycles. The maximum Gasteiger partial charge on any atom is 0.390 e. The van der Waals surface area contributed by atoms with Crippen LogP contribution in [0.4, 0.5) is 17.6 Å². The number of alkyl halides is 3. The Hall–Kier alpha value is -1.06. The van der Waals surface area contributed by atoms with Gasteiger partial charge in [-0.05, 0) is 24.6 Å². The topological polar surface area (TPSA) is 36.4 Å². The average molecular weight is 461 g/mol. The van der Waals surface area contributed by atoms with Crippen molar-refractivity contribution >= 4 is 29.9 Å². The first-order valence-electron chi connectivity index (χ1n) is 7.49. The minimum atomic E-state index is -4.20. The van der Waals surface area contributed by atoms with E-state index in [1.165, 1.54) is 12.1 Å². The van der Waals surface area contributed by atoms with E-state index in [1.54, 1.807) is 6.07 Å². The summed E-state index contributed by atoms with van der Waals surface area (Å²) < 4.78 is 49.9. The highest BCUT2D eigenvalue weighted by molar-refractivity contribution is 14.0. The molecule has 8 heteroatoms. The molecule has 138 valence electrons. The average Bonchev–Trinajstić information content (AvgIpc) is 2.43. The van der Waals surface area contributed by atoms with Gasteiger partial charge in [-0.3, -0.25) is 4.99 Å². The molecule has 0 aliphatic rings. The second-order valence-corrected chi connectivity index (χ2v) is 5.88. The number of aliphatic imine (C=N–C) groups is 1. The lowest BCUT2D eigenvalue weighted by Gasteiger charge is -2.24. The minimum absolute atomic E-state index is 0. The van der Waals surface area contributed by atoms with Gasteiger partial charge in [0.1, 0.15) is 5.82 Å². The van der Waals surface area contributed by atoms with Gasteiger partial charge < -0.3 is 10.6 Å². The van der Waals surface area contributed by atoms with Crippen molar-refractivity contribution in [2.24, 2.45) is 4.99 Å². The molecule has 1 rings (SSSR count). The summed E-state index contributed by atoms with van der Waals surface area (Å²) in [5, 5.41) is 5.56. The number of benzene rings is 1. The standard InChI is InChI=1S/C16H23F4N3.HI/c1-4-21-14(22-9-8-16(18,19)20)23-11-15(2,3)12-6-5-7-13(17)10-12;/h5-7,10H,4,8-9,11H2,1-3H3,(H2,21,22,23);1H. The molecule has 0 atom stereocenters. The van der Waals surface area contributed by atoms with E-state index in [0.29, 0.717) is 19.0 Å². The van der Waals surface area contributed by atoms with Crippen molar-refractivity contribution in [1.29, 1.82) is 0 Å². The third kappa shape index (κ3) is 8.70. The maximum atomic E-state index is 13.3. The van der Waals surface area contributed by atoms with Gasteiger partial charge >= 0.3 is 6.18 Å². The number of nitrogens with one attached hydrogen (secondary N) is 2. The molecule has 0 aromatic heterocycles.